The zero-order chi connectivity index (χ0) is 18.0. The Morgan fingerprint density at radius 2 is 2.20 bits per heavy atom. The molecular formula is C18H21N3O3S. The lowest BCUT2D eigenvalue weighted by atomic mass is 10.2. The van der Waals surface area contributed by atoms with Gasteiger partial charge in [0.25, 0.3) is 11.5 Å². The average molecular weight is 359 g/mol. The normalized spacial score (nSPS) is 16.9. The number of ether oxygens (including phenoxy) is 1. The van der Waals surface area contributed by atoms with Crippen molar-refractivity contribution < 1.29 is 9.53 Å². The molecule has 1 fully saturated rings. The molecule has 132 valence electrons. The Morgan fingerprint density at radius 1 is 1.40 bits per heavy atom. The number of aryl methyl sites for hydroxylation is 1. The molecule has 1 atom stereocenters. The van der Waals surface area contributed by atoms with E-state index >= 15 is 0 Å². The maximum Gasteiger partial charge on any atom is 0.256 e. The van der Waals surface area contributed by atoms with Crippen LogP contribution in [0, 0.1) is 6.92 Å². The van der Waals surface area contributed by atoms with Gasteiger partial charge in [-0.1, -0.05) is 0 Å². The molecule has 0 spiro atoms. The number of nitrogens with zero attached hydrogens (tertiary/aromatic N) is 3. The van der Waals surface area contributed by atoms with Crippen LogP contribution in [0.15, 0.2) is 40.3 Å². The van der Waals surface area contributed by atoms with E-state index in [1.807, 2.05) is 19.2 Å². The number of aromatic nitrogens is 2. The van der Waals surface area contributed by atoms with Gasteiger partial charge in [-0.05, 0) is 31.4 Å². The van der Waals surface area contributed by atoms with Crippen molar-refractivity contribution in [3.8, 4) is 5.75 Å². The molecule has 2 aromatic heterocycles. The summed E-state index contributed by atoms with van der Waals surface area (Å²) in [7, 11) is 1.73. The number of carbonyl (C=O) groups is 1. The zero-order valence-electron chi connectivity index (χ0n) is 14.6. The Morgan fingerprint density at radius 3 is 2.92 bits per heavy atom. The van der Waals surface area contributed by atoms with E-state index in [-0.39, 0.29) is 17.6 Å². The minimum atomic E-state index is -0.107. The van der Waals surface area contributed by atoms with E-state index in [0.29, 0.717) is 24.4 Å². The van der Waals surface area contributed by atoms with Gasteiger partial charge in [0.15, 0.2) is 0 Å². The first-order valence-electron chi connectivity index (χ1n) is 8.12. The Balaban J connectivity index is 1.69. The van der Waals surface area contributed by atoms with Gasteiger partial charge in [-0.15, -0.1) is 11.8 Å². The summed E-state index contributed by atoms with van der Waals surface area (Å²) in [6.07, 6.45) is 4.24. The SMILES string of the molecule is CSc1ncccc1C(=O)N1CCC(Oc2cc(C)n(C)c(=O)c2)C1. The molecule has 1 aliphatic rings. The molecule has 7 heteroatoms. The van der Waals surface area contributed by atoms with Crippen molar-refractivity contribution in [2.45, 2.75) is 24.5 Å². The number of likely N-dealkylation sites (tertiary alicyclic amines) is 1. The first-order chi connectivity index (χ1) is 12.0. The van der Waals surface area contributed by atoms with Gasteiger partial charge < -0.3 is 14.2 Å². The second-order valence-electron chi connectivity index (χ2n) is 6.07. The van der Waals surface area contributed by atoms with Crippen LogP contribution in [-0.4, -0.2) is 45.8 Å². The highest BCUT2D eigenvalue weighted by Crippen LogP contribution is 2.23. The highest BCUT2D eigenvalue weighted by atomic mass is 32.2. The molecule has 1 unspecified atom stereocenters. The van der Waals surface area contributed by atoms with E-state index in [2.05, 4.69) is 4.98 Å². The number of hydrogen-bond donors (Lipinski definition) is 0. The standard InChI is InChI=1S/C18H21N3O3S/c1-12-9-14(10-16(22)20(12)2)24-13-6-8-21(11-13)18(23)15-5-4-7-19-17(15)25-3/h4-5,7,9-10,13H,6,8,11H2,1-3H3. The van der Waals surface area contributed by atoms with Crippen LogP contribution < -0.4 is 10.3 Å². The fourth-order valence-electron chi connectivity index (χ4n) is 2.89. The van der Waals surface area contributed by atoms with Crippen molar-refractivity contribution in [2.75, 3.05) is 19.3 Å². The van der Waals surface area contributed by atoms with Gasteiger partial charge in [0.05, 0.1) is 12.1 Å². The first kappa shape index (κ1) is 17.5. The molecule has 2 aromatic rings. The first-order valence-corrected chi connectivity index (χ1v) is 9.34. The minimum Gasteiger partial charge on any atom is -0.488 e. The molecule has 1 amide bonds. The molecule has 0 radical (unpaired) electrons. The number of rotatable bonds is 4. The van der Waals surface area contributed by atoms with Crippen LogP contribution >= 0.6 is 11.8 Å². The lowest BCUT2D eigenvalue weighted by molar-refractivity contribution is 0.0768. The average Bonchev–Trinajstić information content (AvgIpc) is 3.07. The summed E-state index contributed by atoms with van der Waals surface area (Å²) in [5.41, 5.74) is 1.37. The zero-order valence-corrected chi connectivity index (χ0v) is 15.4. The molecule has 3 rings (SSSR count). The summed E-state index contributed by atoms with van der Waals surface area (Å²) in [6, 6.07) is 6.92. The van der Waals surface area contributed by atoms with Crippen LogP contribution in [0.25, 0.3) is 0 Å². The van der Waals surface area contributed by atoms with Crippen molar-refractivity contribution in [3.05, 3.63) is 52.1 Å². The summed E-state index contributed by atoms with van der Waals surface area (Å²) in [6.45, 7) is 3.01. The van der Waals surface area contributed by atoms with Gasteiger partial charge in [-0.2, -0.15) is 0 Å². The summed E-state index contributed by atoms with van der Waals surface area (Å²) in [5, 5.41) is 0.735. The smallest absolute Gasteiger partial charge is 0.256 e. The molecule has 0 saturated carbocycles. The topological polar surface area (TPSA) is 64.4 Å². The molecule has 0 aromatic carbocycles. The van der Waals surface area contributed by atoms with E-state index in [1.54, 1.807) is 34.8 Å². The third kappa shape index (κ3) is 3.71. The van der Waals surface area contributed by atoms with Crippen LogP contribution in [0.3, 0.4) is 0 Å². The highest BCUT2D eigenvalue weighted by molar-refractivity contribution is 7.98. The number of amides is 1. The van der Waals surface area contributed by atoms with E-state index in [4.69, 9.17) is 4.74 Å². The van der Waals surface area contributed by atoms with Gasteiger partial charge in [-0.25, -0.2) is 4.98 Å². The number of thioether (sulfide) groups is 1. The molecule has 0 N–H and O–H groups in total. The van der Waals surface area contributed by atoms with Gasteiger partial charge in [-0.3, -0.25) is 9.59 Å². The number of hydrogen-bond acceptors (Lipinski definition) is 5. The van der Waals surface area contributed by atoms with E-state index in [0.717, 1.165) is 17.1 Å². The van der Waals surface area contributed by atoms with E-state index < -0.39 is 0 Å². The molecule has 0 bridgehead atoms. The van der Waals surface area contributed by atoms with Crippen LogP contribution in [0.1, 0.15) is 22.5 Å². The molecule has 3 heterocycles. The molecule has 25 heavy (non-hydrogen) atoms. The minimum absolute atomic E-state index is 0.0243. The lowest BCUT2D eigenvalue weighted by Crippen LogP contribution is -2.31. The van der Waals surface area contributed by atoms with Gasteiger partial charge in [0.1, 0.15) is 16.9 Å². The molecule has 0 aliphatic carbocycles. The van der Waals surface area contributed by atoms with Crippen molar-refractivity contribution in [2.24, 2.45) is 7.05 Å². The van der Waals surface area contributed by atoms with Crippen molar-refractivity contribution >= 4 is 17.7 Å². The summed E-state index contributed by atoms with van der Waals surface area (Å²) < 4.78 is 7.51. The van der Waals surface area contributed by atoms with Crippen molar-refractivity contribution in [1.82, 2.24) is 14.5 Å². The predicted molar refractivity (Wildman–Crippen MR) is 97.4 cm³/mol. The Kier molecular flexibility index (Phi) is 5.13. The molecular weight excluding hydrogens is 338 g/mol. The van der Waals surface area contributed by atoms with Crippen LogP contribution in [-0.2, 0) is 7.05 Å². The number of carbonyl (C=O) groups excluding carboxylic acids is 1. The van der Waals surface area contributed by atoms with E-state index in [9.17, 15) is 9.59 Å². The maximum absolute atomic E-state index is 12.7. The molecule has 6 nitrogen and oxygen atoms in total. The fraction of sp³-hybridized carbons (Fsp3) is 0.389. The fourth-order valence-corrected chi connectivity index (χ4v) is 3.43. The lowest BCUT2D eigenvalue weighted by Gasteiger charge is -2.18. The maximum atomic E-state index is 12.7. The Bertz CT molecular complexity index is 850. The van der Waals surface area contributed by atoms with Crippen LogP contribution in [0.5, 0.6) is 5.75 Å². The summed E-state index contributed by atoms with van der Waals surface area (Å²) in [4.78, 5) is 30.7. The summed E-state index contributed by atoms with van der Waals surface area (Å²) in [5.74, 6) is 0.537. The molecule has 1 aliphatic heterocycles. The molecule has 1 saturated heterocycles. The second kappa shape index (κ2) is 7.31. The van der Waals surface area contributed by atoms with Gasteiger partial charge >= 0.3 is 0 Å². The Hall–Kier alpha value is -2.28. The summed E-state index contributed by atoms with van der Waals surface area (Å²) >= 11 is 1.46. The number of pyridine rings is 2. The van der Waals surface area contributed by atoms with Crippen LogP contribution in [0.4, 0.5) is 0 Å². The van der Waals surface area contributed by atoms with Crippen LogP contribution in [0.2, 0.25) is 0 Å². The van der Waals surface area contributed by atoms with Gasteiger partial charge in [0, 0.05) is 38.0 Å². The van der Waals surface area contributed by atoms with Gasteiger partial charge in [0.2, 0.25) is 0 Å². The largest absolute Gasteiger partial charge is 0.488 e. The highest BCUT2D eigenvalue weighted by Gasteiger charge is 2.29. The Labute approximate surface area is 150 Å². The predicted octanol–water partition coefficient (Wildman–Crippen LogP) is 2.10. The van der Waals surface area contributed by atoms with Crippen molar-refractivity contribution in [3.63, 3.8) is 0 Å². The van der Waals surface area contributed by atoms with Crippen molar-refractivity contribution in [1.29, 1.82) is 0 Å². The quantitative estimate of drug-likeness (QED) is 0.783. The third-order valence-corrected chi connectivity index (χ3v) is 5.12. The second-order valence-corrected chi connectivity index (χ2v) is 6.86. The monoisotopic (exact) mass is 359 g/mol. The third-order valence-electron chi connectivity index (χ3n) is 4.41. The van der Waals surface area contributed by atoms with E-state index in [1.165, 1.54) is 17.8 Å².